The highest BCUT2D eigenvalue weighted by Gasteiger charge is 2.32. The molecule has 0 aliphatic carbocycles. The smallest absolute Gasteiger partial charge is 0.261 e. The van der Waals surface area contributed by atoms with Crippen molar-refractivity contribution in [3.63, 3.8) is 0 Å². The average Bonchev–Trinajstić information content (AvgIpc) is 3.10. The van der Waals surface area contributed by atoms with Crippen LogP contribution < -0.4 is 5.32 Å². The van der Waals surface area contributed by atoms with Crippen molar-refractivity contribution in [2.24, 2.45) is 5.92 Å². The molecule has 1 atom stereocenters. The second-order valence-corrected chi connectivity index (χ2v) is 7.40. The lowest BCUT2D eigenvalue weighted by Crippen LogP contribution is -2.48. The van der Waals surface area contributed by atoms with Crippen LogP contribution in [0.5, 0.6) is 0 Å². The van der Waals surface area contributed by atoms with E-state index in [4.69, 9.17) is 0 Å². The molecule has 2 heterocycles. The van der Waals surface area contributed by atoms with Crippen molar-refractivity contribution in [2.45, 2.75) is 26.3 Å². The van der Waals surface area contributed by atoms with E-state index in [-0.39, 0.29) is 36.7 Å². The fraction of sp³-hybridized carbons (Fsp3) is 0.316. The van der Waals surface area contributed by atoms with Crippen LogP contribution in [-0.2, 0) is 16.0 Å². The Bertz CT molecular complexity index is 799. The topological polar surface area (TPSA) is 66.5 Å². The van der Waals surface area contributed by atoms with Gasteiger partial charge in [-0.15, -0.1) is 11.3 Å². The van der Waals surface area contributed by atoms with Gasteiger partial charge in [-0.1, -0.05) is 38.1 Å². The van der Waals surface area contributed by atoms with Gasteiger partial charge in [-0.05, 0) is 29.0 Å². The molecular weight excluding hydrogens is 336 g/mol. The highest BCUT2D eigenvalue weighted by atomic mass is 32.1. The summed E-state index contributed by atoms with van der Waals surface area (Å²) in [6.45, 7) is 3.80. The Morgan fingerprint density at radius 1 is 1.20 bits per heavy atom. The number of nitrogens with zero attached hydrogens (tertiary/aromatic N) is 1. The number of hydrogen-bond donors (Lipinski definition) is 1. The monoisotopic (exact) mass is 356 g/mol. The van der Waals surface area contributed by atoms with Gasteiger partial charge >= 0.3 is 0 Å². The molecule has 3 amide bonds. The Morgan fingerprint density at radius 2 is 1.96 bits per heavy atom. The fourth-order valence-corrected chi connectivity index (χ4v) is 3.91. The maximum absolute atomic E-state index is 12.5. The second kappa shape index (κ2) is 7.19. The number of fused-ring (bicyclic) bond motifs is 1. The molecule has 25 heavy (non-hydrogen) atoms. The Hall–Kier alpha value is -2.47. The maximum atomic E-state index is 12.5. The summed E-state index contributed by atoms with van der Waals surface area (Å²) in [6, 6.07) is 10.8. The third kappa shape index (κ3) is 3.64. The minimum absolute atomic E-state index is 0.130. The molecule has 0 saturated heterocycles. The van der Waals surface area contributed by atoms with E-state index in [2.05, 4.69) is 5.32 Å². The van der Waals surface area contributed by atoms with Gasteiger partial charge in [-0.2, -0.15) is 0 Å². The first-order chi connectivity index (χ1) is 12.0. The summed E-state index contributed by atoms with van der Waals surface area (Å²) in [5, 5.41) is 4.92. The zero-order chi connectivity index (χ0) is 18.0. The standard InChI is InChI=1S/C19H20N2O3S/c1-12(2)18(15-8-5-9-25-15)20-16(22)11-21-17(23)10-13-6-3-4-7-14(13)19(21)24/h3-9,12,18H,10-11H2,1-2H3,(H,20,22)/t18-/m1/s1. The number of benzene rings is 1. The van der Waals surface area contributed by atoms with Crippen molar-refractivity contribution < 1.29 is 14.4 Å². The van der Waals surface area contributed by atoms with Crippen LogP contribution in [0.1, 0.15) is 40.7 Å². The largest absolute Gasteiger partial charge is 0.347 e. The number of carbonyl (C=O) groups excluding carboxylic acids is 3. The highest BCUT2D eigenvalue weighted by molar-refractivity contribution is 7.10. The third-order valence-corrected chi connectivity index (χ3v) is 5.23. The van der Waals surface area contributed by atoms with E-state index in [1.165, 1.54) is 0 Å². The molecule has 0 saturated carbocycles. The van der Waals surface area contributed by atoms with Gasteiger partial charge in [0.1, 0.15) is 6.54 Å². The van der Waals surface area contributed by atoms with E-state index in [9.17, 15) is 14.4 Å². The molecule has 5 nitrogen and oxygen atoms in total. The van der Waals surface area contributed by atoms with Gasteiger partial charge in [0, 0.05) is 10.4 Å². The van der Waals surface area contributed by atoms with E-state index < -0.39 is 5.91 Å². The van der Waals surface area contributed by atoms with Crippen molar-refractivity contribution in [3.8, 4) is 0 Å². The highest BCUT2D eigenvalue weighted by Crippen LogP contribution is 2.26. The second-order valence-electron chi connectivity index (χ2n) is 6.42. The van der Waals surface area contributed by atoms with Crippen molar-refractivity contribution in [3.05, 3.63) is 57.8 Å². The van der Waals surface area contributed by atoms with E-state index in [1.54, 1.807) is 35.6 Å². The van der Waals surface area contributed by atoms with Crippen molar-refractivity contribution in [2.75, 3.05) is 6.54 Å². The predicted molar refractivity (Wildman–Crippen MR) is 96.2 cm³/mol. The van der Waals surface area contributed by atoms with Gasteiger partial charge in [0.15, 0.2) is 0 Å². The molecule has 0 spiro atoms. The SMILES string of the molecule is CC(C)[C@@H](NC(=O)CN1C(=O)Cc2ccccc2C1=O)c1cccs1. The van der Waals surface area contributed by atoms with Crippen LogP contribution in [0.25, 0.3) is 0 Å². The first kappa shape index (κ1) is 17.4. The number of carbonyl (C=O) groups is 3. The summed E-state index contributed by atoms with van der Waals surface area (Å²) in [4.78, 5) is 39.4. The van der Waals surface area contributed by atoms with Gasteiger partial charge in [0.2, 0.25) is 11.8 Å². The molecule has 6 heteroatoms. The van der Waals surface area contributed by atoms with Crippen LogP contribution in [0.4, 0.5) is 0 Å². The van der Waals surface area contributed by atoms with Crippen LogP contribution in [-0.4, -0.2) is 29.2 Å². The first-order valence-electron chi connectivity index (χ1n) is 8.22. The predicted octanol–water partition coefficient (Wildman–Crippen LogP) is 2.79. The Kier molecular flexibility index (Phi) is 4.99. The summed E-state index contributed by atoms with van der Waals surface area (Å²) in [6.07, 6.45) is 0.147. The molecule has 0 radical (unpaired) electrons. The van der Waals surface area contributed by atoms with Crippen LogP contribution in [0.2, 0.25) is 0 Å². The minimum Gasteiger partial charge on any atom is -0.347 e. The summed E-state index contributed by atoms with van der Waals surface area (Å²) in [7, 11) is 0. The number of imide groups is 1. The zero-order valence-electron chi connectivity index (χ0n) is 14.2. The molecule has 3 rings (SSSR count). The lowest BCUT2D eigenvalue weighted by molar-refractivity contribution is -0.133. The molecule has 0 bridgehead atoms. The lowest BCUT2D eigenvalue weighted by atomic mass is 9.98. The number of nitrogens with one attached hydrogen (secondary N) is 1. The lowest BCUT2D eigenvalue weighted by Gasteiger charge is -2.28. The molecule has 1 aliphatic rings. The number of hydrogen-bond acceptors (Lipinski definition) is 4. The Labute approximate surface area is 150 Å². The van der Waals surface area contributed by atoms with Crippen LogP contribution in [0.15, 0.2) is 41.8 Å². The van der Waals surface area contributed by atoms with E-state index in [0.717, 1.165) is 9.78 Å². The molecule has 1 aliphatic heterocycles. The van der Waals surface area contributed by atoms with Crippen LogP contribution in [0.3, 0.4) is 0 Å². The Morgan fingerprint density at radius 3 is 2.64 bits per heavy atom. The normalized spacial score (nSPS) is 15.2. The minimum atomic E-state index is -0.403. The molecular formula is C19H20N2O3S. The Balaban J connectivity index is 1.72. The van der Waals surface area contributed by atoms with Crippen molar-refractivity contribution in [1.82, 2.24) is 10.2 Å². The number of rotatable bonds is 5. The molecule has 130 valence electrons. The molecule has 1 aromatic heterocycles. The summed E-state index contributed by atoms with van der Waals surface area (Å²) < 4.78 is 0. The van der Waals surface area contributed by atoms with E-state index in [0.29, 0.717) is 11.1 Å². The maximum Gasteiger partial charge on any atom is 0.261 e. The number of amides is 3. The molecule has 1 aromatic carbocycles. The van der Waals surface area contributed by atoms with Gasteiger partial charge in [-0.25, -0.2) is 0 Å². The molecule has 0 unspecified atom stereocenters. The molecule has 0 fully saturated rings. The van der Waals surface area contributed by atoms with Crippen LogP contribution in [0, 0.1) is 5.92 Å². The number of thiophene rings is 1. The van der Waals surface area contributed by atoms with Crippen LogP contribution >= 0.6 is 11.3 Å². The van der Waals surface area contributed by atoms with Gasteiger partial charge in [0.05, 0.1) is 12.5 Å². The molecule has 2 aromatic rings. The average molecular weight is 356 g/mol. The summed E-state index contributed by atoms with van der Waals surface area (Å²) in [5.41, 5.74) is 1.21. The van der Waals surface area contributed by atoms with E-state index >= 15 is 0 Å². The van der Waals surface area contributed by atoms with Gasteiger partial charge in [0.25, 0.3) is 5.91 Å². The first-order valence-corrected chi connectivity index (χ1v) is 9.10. The molecule has 1 N–H and O–H groups in total. The van der Waals surface area contributed by atoms with Gasteiger partial charge in [-0.3, -0.25) is 19.3 Å². The summed E-state index contributed by atoms with van der Waals surface area (Å²) >= 11 is 1.58. The summed E-state index contributed by atoms with van der Waals surface area (Å²) in [5.74, 6) is -0.862. The van der Waals surface area contributed by atoms with Gasteiger partial charge < -0.3 is 5.32 Å². The zero-order valence-corrected chi connectivity index (χ0v) is 15.0. The fourth-order valence-electron chi connectivity index (χ4n) is 2.96. The third-order valence-electron chi connectivity index (χ3n) is 4.27. The van der Waals surface area contributed by atoms with Crippen molar-refractivity contribution in [1.29, 1.82) is 0 Å². The van der Waals surface area contributed by atoms with Crippen molar-refractivity contribution >= 4 is 29.1 Å². The van der Waals surface area contributed by atoms with E-state index in [1.807, 2.05) is 31.4 Å². The quantitative estimate of drug-likeness (QED) is 0.838.